The van der Waals surface area contributed by atoms with Gasteiger partial charge in [-0.25, -0.2) is 4.79 Å². The Kier molecular flexibility index (Phi) is 5.83. The van der Waals surface area contributed by atoms with Gasteiger partial charge in [0.25, 0.3) is 0 Å². The number of carboxylic acid groups (broad SMARTS) is 1. The molecule has 110 valence electrons. The van der Waals surface area contributed by atoms with Gasteiger partial charge in [0.1, 0.15) is 11.8 Å². The van der Waals surface area contributed by atoms with Gasteiger partial charge in [-0.2, -0.15) is 0 Å². The highest BCUT2D eigenvalue weighted by Crippen LogP contribution is 2.18. The third kappa shape index (κ3) is 4.79. The van der Waals surface area contributed by atoms with Crippen molar-refractivity contribution in [1.82, 2.24) is 10.6 Å². The van der Waals surface area contributed by atoms with E-state index in [1.54, 1.807) is 0 Å². The van der Waals surface area contributed by atoms with Gasteiger partial charge < -0.3 is 20.5 Å². The molecule has 0 aliphatic carbocycles. The third-order valence-corrected chi connectivity index (χ3v) is 2.73. The lowest BCUT2D eigenvalue weighted by Gasteiger charge is -2.17. The van der Waals surface area contributed by atoms with Gasteiger partial charge in [-0.3, -0.25) is 4.79 Å². The number of benzene rings is 1. The van der Waals surface area contributed by atoms with Crippen molar-refractivity contribution >= 4 is 12.0 Å². The summed E-state index contributed by atoms with van der Waals surface area (Å²) < 4.78 is 5.39. The van der Waals surface area contributed by atoms with Crippen molar-refractivity contribution in [1.29, 1.82) is 0 Å². The minimum atomic E-state index is -1.08. The average Bonchev–Trinajstić information content (AvgIpc) is 2.39. The largest absolute Gasteiger partial charge is 0.494 e. The van der Waals surface area contributed by atoms with E-state index in [0.29, 0.717) is 6.61 Å². The molecule has 0 aliphatic rings. The zero-order chi connectivity index (χ0) is 15.1. The molecular weight excluding hydrogens is 260 g/mol. The number of amides is 2. The van der Waals surface area contributed by atoms with Crippen molar-refractivity contribution in [3.05, 3.63) is 29.8 Å². The number of hydrogen-bond donors (Lipinski definition) is 3. The molecule has 0 saturated carbocycles. The van der Waals surface area contributed by atoms with E-state index in [1.807, 2.05) is 38.1 Å². The number of ether oxygens (including phenoxy) is 1. The van der Waals surface area contributed by atoms with E-state index < -0.39 is 18.0 Å². The summed E-state index contributed by atoms with van der Waals surface area (Å²) in [4.78, 5) is 22.3. The zero-order valence-electron chi connectivity index (χ0n) is 11.8. The normalized spacial score (nSPS) is 13.2. The van der Waals surface area contributed by atoms with E-state index in [-0.39, 0.29) is 6.04 Å². The van der Waals surface area contributed by atoms with Gasteiger partial charge in [-0.05, 0) is 38.5 Å². The van der Waals surface area contributed by atoms with Gasteiger partial charge in [-0.15, -0.1) is 0 Å². The summed E-state index contributed by atoms with van der Waals surface area (Å²) in [6, 6.07) is 5.69. The fraction of sp³-hybridized carbons (Fsp3) is 0.429. The van der Waals surface area contributed by atoms with E-state index in [0.717, 1.165) is 11.3 Å². The first kappa shape index (κ1) is 15.8. The Balaban J connectivity index is 2.61. The van der Waals surface area contributed by atoms with Crippen LogP contribution in [0.2, 0.25) is 0 Å². The number of carbonyl (C=O) groups excluding carboxylic acids is 1. The molecule has 1 rings (SSSR count). The van der Waals surface area contributed by atoms with E-state index in [2.05, 4.69) is 10.6 Å². The first-order valence-corrected chi connectivity index (χ1v) is 6.46. The van der Waals surface area contributed by atoms with Crippen molar-refractivity contribution < 1.29 is 19.4 Å². The highest BCUT2D eigenvalue weighted by atomic mass is 16.5. The standard InChI is InChI=1S/C14H20N2O4/c1-4-20-12-7-5-6-11(8-12)9(2)15-14(19)16-10(3)13(17)18/h5-10H,4H2,1-3H3,(H,17,18)(H2,15,16,19)/t9?,10-/m1/s1. The van der Waals surface area contributed by atoms with Crippen molar-refractivity contribution in [2.24, 2.45) is 0 Å². The highest BCUT2D eigenvalue weighted by molar-refractivity contribution is 5.82. The maximum Gasteiger partial charge on any atom is 0.325 e. The molecule has 6 heteroatoms. The summed E-state index contributed by atoms with van der Waals surface area (Å²) in [6.07, 6.45) is 0. The first-order valence-electron chi connectivity index (χ1n) is 6.46. The van der Waals surface area contributed by atoms with E-state index in [1.165, 1.54) is 6.92 Å². The Labute approximate surface area is 118 Å². The zero-order valence-corrected chi connectivity index (χ0v) is 11.8. The lowest BCUT2D eigenvalue weighted by atomic mass is 10.1. The number of nitrogens with one attached hydrogen (secondary N) is 2. The van der Waals surface area contributed by atoms with Crippen LogP contribution in [0.5, 0.6) is 5.75 Å². The maximum atomic E-state index is 11.6. The molecule has 0 heterocycles. The molecule has 2 atom stereocenters. The topological polar surface area (TPSA) is 87.7 Å². The summed E-state index contributed by atoms with van der Waals surface area (Å²) in [5.74, 6) is -0.343. The molecule has 0 aromatic heterocycles. The lowest BCUT2D eigenvalue weighted by molar-refractivity contribution is -0.138. The summed E-state index contributed by atoms with van der Waals surface area (Å²) in [7, 11) is 0. The molecule has 6 nitrogen and oxygen atoms in total. The second-order valence-corrected chi connectivity index (χ2v) is 4.40. The van der Waals surface area contributed by atoms with Gasteiger partial charge in [0, 0.05) is 0 Å². The van der Waals surface area contributed by atoms with E-state index >= 15 is 0 Å². The van der Waals surface area contributed by atoms with Crippen molar-refractivity contribution in [2.75, 3.05) is 6.61 Å². The molecule has 20 heavy (non-hydrogen) atoms. The molecule has 0 radical (unpaired) electrons. The summed E-state index contributed by atoms with van der Waals surface area (Å²) in [5.41, 5.74) is 0.883. The van der Waals surface area contributed by atoms with Crippen LogP contribution in [0.15, 0.2) is 24.3 Å². The van der Waals surface area contributed by atoms with E-state index in [4.69, 9.17) is 9.84 Å². The minimum Gasteiger partial charge on any atom is -0.494 e. The molecule has 0 fully saturated rings. The van der Waals surface area contributed by atoms with Gasteiger partial charge >= 0.3 is 12.0 Å². The van der Waals surface area contributed by atoms with Crippen molar-refractivity contribution in [2.45, 2.75) is 32.9 Å². The molecule has 0 aliphatic heterocycles. The molecule has 1 unspecified atom stereocenters. The van der Waals surface area contributed by atoms with Gasteiger partial charge in [0.2, 0.25) is 0 Å². The summed E-state index contributed by atoms with van der Waals surface area (Å²) in [5, 5.41) is 13.7. The Morgan fingerprint density at radius 2 is 2.00 bits per heavy atom. The van der Waals surface area contributed by atoms with Crippen molar-refractivity contribution in [3.63, 3.8) is 0 Å². The molecule has 3 N–H and O–H groups in total. The SMILES string of the molecule is CCOc1cccc(C(C)NC(=O)N[C@H](C)C(=O)O)c1. The van der Waals surface area contributed by atoms with Crippen LogP contribution >= 0.6 is 0 Å². The van der Waals surface area contributed by atoms with Crippen LogP contribution < -0.4 is 15.4 Å². The lowest BCUT2D eigenvalue weighted by Crippen LogP contribution is -2.45. The van der Waals surface area contributed by atoms with Crippen LogP contribution in [0.25, 0.3) is 0 Å². The average molecular weight is 280 g/mol. The molecule has 0 spiro atoms. The second-order valence-electron chi connectivity index (χ2n) is 4.40. The Morgan fingerprint density at radius 1 is 1.30 bits per heavy atom. The molecule has 2 amide bonds. The Bertz CT molecular complexity index is 476. The fourth-order valence-corrected chi connectivity index (χ4v) is 1.62. The molecular formula is C14H20N2O4. The summed E-state index contributed by atoms with van der Waals surface area (Å²) >= 11 is 0. The third-order valence-electron chi connectivity index (χ3n) is 2.73. The number of aliphatic carboxylic acids is 1. The van der Waals surface area contributed by atoms with Crippen LogP contribution in [0.1, 0.15) is 32.4 Å². The second kappa shape index (κ2) is 7.37. The smallest absolute Gasteiger partial charge is 0.325 e. The molecule has 0 saturated heterocycles. The number of urea groups is 1. The predicted molar refractivity (Wildman–Crippen MR) is 74.8 cm³/mol. The Morgan fingerprint density at radius 3 is 2.60 bits per heavy atom. The van der Waals surface area contributed by atoms with Crippen LogP contribution in [0.3, 0.4) is 0 Å². The van der Waals surface area contributed by atoms with Gasteiger partial charge in [0.15, 0.2) is 0 Å². The minimum absolute atomic E-state index is 0.253. The number of hydrogen-bond acceptors (Lipinski definition) is 3. The summed E-state index contributed by atoms with van der Waals surface area (Å²) in [6.45, 7) is 5.69. The monoisotopic (exact) mass is 280 g/mol. The number of carboxylic acids is 1. The van der Waals surface area contributed by atoms with Crippen molar-refractivity contribution in [3.8, 4) is 5.75 Å². The molecule has 1 aromatic rings. The molecule has 1 aromatic carbocycles. The number of carbonyl (C=O) groups is 2. The molecule has 0 bridgehead atoms. The first-order chi connectivity index (χ1) is 9.43. The van der Waals surface area contributed by atoms with Crippen LogP contribution in [-0.2, 0) is 4.79 Å². The van der Waals surface area contributed by atoms with Crippen LogP contribution in [0.4, 0.5) is 4.79 Å². The quantitative estimate of drug-likeness (QED) is 0.743. The van der Waals surface area contributed by atoms with Crippen LogP contribution in [-0.4, -0.2) is 29.8 Å². The van der Waals surface area contributed by atoms with Gasteiger partial charge in [0.05, 0.1) is 12.6 Å². The number of rotatable bonds is 6. The predicted octanol–water partition coefficient (Wildman–Crippen LogP) is 1.92. The Hall–Kier alpha value is -2.24. The maximum absolute atomic E-state index is 11.6. The van der Waals surface area contributed by atoms with E-state index in [9.17, 15) is 9.59 Å². The van der Waals surface area contributed by atoms with Gasteiger partial charge in [-0.1, -0.05) is 12.1 Å². The highest BCUT2D eigenvalue weighted by Gasteiger charge is 2.16. The fourth-order valence-electron chi connectivity index (χ4n) is 1.62. The van der Waals surface area contributed by atoms with Crippen LogP contribution in [0, 0.1) is 0 Å².